The SMILES string of the molecule is COCCNC(=O)C(C1CCCC1)N1CCN(C(=O)CCc2ccccc2)CC1. The van der Waals surface area contributed by atoms with E-state index in [0.29, 0.717) is 38.6 Å². The van der Waals surface area contributed by atoms with Crippen LogP contribution in [-0.2, 0) is 20.7 Å². The summed E-state index contributed by atoms with van der Waals surface area (Å²) >= 11 is 0. The van der Waals surface area contributed by atoms with Gasteiger partial charge in [-0.25, -0.2) is 0 Å². The maximum absolute atomic E-state index is 12.9. The first-order valence-corrected chi connectivity index (χ1v) is 11.0. The third kappa shape index (κ3) is 6.28. The number of nitrogens with one attached hydrogen (secondary N) is 1. The van der Waals surface area contributed by atoms with E-state index in [9.17, 15) is 9.59 Å². The molecule has 1 saturated heterocycles. The lowest BCUT2D eigenvalue weighted by molar-refractivity contribution is -0.135. The van der Waals surface area contributed by atoms with Gasteiger partial charge in [-0.3, -0.25) is 14.5 Å². The average molecular weight is 402 g/mol. The van der Waals surface area contributed by atoms with Crippen molar-refractivity contribution in [3.63, 3.8) is 0 Å². The smallest absolute Gasteiger partial charge is 0.237 e. The Balaban J connectivity index is 1.50. The first-order chi connectivity index (χ1) is 14.2. The van der Waals surface area contributed by atoms with Crippen LogP contribution >= 0.6 is 0 Å². The number of nitrogens with zero attached hydrogens (tertiary/aromatic N) is 2. The lowest BCUT2D eigenvalue weighted by Crippen LogP contribution is -2.58. The lowest BCUT2D eigenvalue weighted by Gasteiger charge is -2.40. The zero-order valence-electron chi connectivity index (χ0n) is 17.6. The highest BCUT2D eigenvalue weighted by atomic mass is 16.5. The van der Waals surface area contributed by atoms with Crippen molar-refractivity contribution in [3.8, 4) is 0 Å². The van der Waals surface area contributed by atoms with Gasteiger partial charge in [-0.1, -0.05) is 43.2 Å². The van der Waals surface area contributed by atoms with Crippen LogP contribution in [-0.4, -0.2) is 74.1 Å². The molecule has 29 heavy (non-hydrogen) atoms. The number of amides is 2. The Morgan fingerprint density at radius 2 is 1.79 bits per heavy atom. The van der Waals surface area contributed by atoms with E-state index < -0.39 is 0 Å². The number of benzene rings is 1. The minimum Gasteiger partial charge on any atom is -0.383 e. The van der Waals surface area contributed by atoms with Crippen LogP contribution in [0.4, 0.5) is 0 Å². The minimum atomic E-state index is -0.0732. The van der Waals surface area contributed by atoms with Crippen LogP contribution in [0.2, 0.25) is 0 Å². The van der Waals surface area contributed by atoms with Crippen LogP contribution < -0.4 is 5.32 Å². The summed E-state index contributed by atoms with van der Waals surface area (Å²) in [6.07, 6.45) is 6.01. The van der Waals surface area contributed by atoms with Crippen LogP contribution in [0.5, 0.6) is 0 Å². The first kappa shape index (κ1) is 21.8. The fraction of sp³-hybridized carbons (Fsp3) is 0.652. The Kier molecular flexibility index (Phi) is 8.50. The molecule has 2 fully saturated rings. The van der Waals surface area contributed by atoms with E-state index in [-0.39, 0.29) is 17.9 Å². The largest absolute Gasteiger partial charge is 0.383 e. The van der Waals surface area contributed by atoms with Crippen LogP contribution in [0, 0.1) is 5.92 Å². The fourth-order valence-corrected chi connectivity index (χ4v) is 4.64. The van der Waals surface area contributed by atoms with Gasteiger partial charge in [0.1, 0.15) is 0 Å². The summed E-state index contributed by atoms with van der Waals surface area (Å²) in [4.78, 5) is 29.8. The van der Waals surface area contributed by atoms with Crippen LogP contribution in [0.1, 0.15) is 37.7 Å². The van der Waals surface area contributed by atoms with Crippen LogP contribution in [0.3, 0.4) is 0 Å². The van der Waals surface area contributed by atoms with Crippen molar-refractivity contribution in [1.29, 1.82) is 0 Å². The van der Waals surface area contributed by atoms with E-state index in [1.165, 1.54) is 18.4 Å². The summed E-state index contributed by atoms with van der Waals surface area (Å²) in [6, 6.07) is 10.1. The van der Waals surface area contributed by atoms with Crippen molar-refractivity contribution in [1.82, 2.24) is 15.1 Å². The number of ether oxygens (including phenoxy) is 1. The fourth-order valence-electron chi connectivity index (χ4n) is 4.64. The van der Waals surface area contributed by atoms with Gasteiger partial charge in [0.25, 0.3) is 0 Å². The van der Waals surface area contributed by atoms with E-state index in [2.05, 4.69) is 22.3 Å². The number of methoxy groups -OCH3 is 1. The molecule has 2 amide bonds. The number of hydrogen-bond acceptors (Lipinski definition) is 4. The second-order valence-electron chi connectivity index (χ2n) is 8.18. The predicted octanol–water partition coefficient (Wildman–Crippen LogP) is 2.08. The lowest BCUT2D eigenvalue weighted by atomic mass is 9.95. The molecule has 2 aliphatic rings. The molecule has 0 spiro atoms. The molecule has 1 heterocycles. The second kappa shape index (κ2) is 11.3. The number of hydrogen-bond donors (Lipinski definition) is 1. The van der Waals surface area contributed by atoms with Crippen molar-refractivity contribution in [2.75, 3.05) is 46.4 Å². The van der Waals surface area contributed by atoms with Gasteiger partial charge in [0.05, 0.1) is 12.6 Å². The molecule has 160 valence electrons. The van der Waals surface area contributed by atoms with E-state index in [4.69, 9.17) is 4.74 Å². The topological polar surface area (TPSA) is 61.9 Å². The summed E-state index contributed by atoms with van der Waals surface area (Å²) in [5.74, 6) is 0.770. The molecule has 1 saturated carbocycles. The maximum atomic E-state index is 12.9. The van der Waals surface area contributed by atoms with Gasteiger partial charge in [0.15, 0.2) is 0 Å². The van der Waals surface area contributed by atoms with Crippen molar-refractivity contribution in [3.05, 3.63) is 35.9 Å². The number of aryl methyl sites for hydroxylation is 1. The zero-order chi connectivity index (χ0) is 20.5. The highest BCUT2D eigenvalue weighted by Crippen LogP contribution is 2.31. The number of carbonyl (C=O) groups excluding carboxylic acids is 2. The molecule has 6 heteroatoms. The summed E-state index contributed by atoms with van der Waals surface area (Å²) < 4.78 is 5.07. The average Bonchev–Trinajstić information content (AvgIpc) is 3.28. The Morgan fingerprint density at radius 3 is 2.45 bits per heavy atom. The summed E-state index contributed by atoms with van der Waals surface area (Å²) in [5.41, 5.74) is 1.20. The summed E-state index contributed by atoms with van der Waals surface area (Å²) in [6.45, 7) is 4.06. The summed E-state index contributed by atoms with van der Waals surface area (Å²) in [7, 11) is 1.65. The van der Waals surface area contributed by atoms with Gasteiger partial charge in [-0.05, 0) is 30.7 Å². The van der Waals surface area contributed by atoms with Crippen LogP contribution in [0.25, 0.3) is 0 Å². The standard InChI is InChI=1S/C23H35N3O3/c1-29-18-13-24-23(28)22(20-9-5-6-10-20)26-16-14-25(15-17-26)21(27)12-11-19-7-3-2-4-8-19/h2-4,7-8,20,22H,5-6,9-18H2,1H3,(H,24,28). The van der Waals surface area contributed by atoms with E-state index in [1.807, 2.05) is 23.1 Å². The Bertz CT molecular complexity index is 638. The molecule has 0 radical (unpaired) electrons. The molecule has 1 aromatic carbocycles. The Morgan fingerprint density at radius 1 is 1.10 bits per heavy atom. The van der Waals surface area contributed by atoms with E-state index >= 15 is 0 Å². The molecule has 0 aromatic heterocycles. The van der Waals surface area contributed by atoms with Crippen LogP contribution in [0.15, 0.2) is 30.3 Å². The number of rotatable bonds is 9. The quantitative estimate of drug-likeness (QED) is 0.644. The highest BCUT2D eigenvalue weighted by Gasteiger charge is 2.37. The third-order valence-electron chi connectivity index (χ3n) is 6.25. The Hall–Kier alpha value is -1.92. The minimum absolute atomic E-state index is 0.0732. The van der Waals surface area contributed by atoms with E-state index in [1.54, 1.807) is 7.11 Å². The molecule has 0 bridgehead atoms. The molecule has 1 N–H and O–H groups in total. The first-order valence-electron chi connectivity index (χ1n) is 11.0. The van der Waals surface area contributed by atoms with Gasteiger partial charge in [0.2, 0.25) is 11.8 Å². The normalized spacial score (nSPS) is 19.3. The second-order valence-corrected chi connectivity index (χ2v) is 8.18. The molecule has 6 nitrogen and oxygen atoms in total. The number of carbonyl (C=O) groups is 2. The van der Waals surface area contributed by atoms with Crippen molar-refractivity contribution < 1.29 is 14.3 Å². The van der Waals surface area contributed by atoms with E-state index in [0.717, 1.165) is 32.4 Å². The van der Waals surface area contributed by atoms with Crippen molar-refractivity contribution in [2.24, 2.45) is 5.92 Å². The molecular weight excluding hydrogens is 366 g/mol. The number of piperazine rings is 1. The van der Waals surface area contributed by atoms with Gasteiger partial charge < -0.3 is 15.0 Å². The van der Waals surface area contributed by atoms with Gasteiger partial charge in [0, 0.05) is 46.3 Å². The predicted molar refractivity (Wildman–Crippen MR) is 114 cm³/mol. The molecule has 1 atom stereocenters. The molecule has 1 aliphatic carbocycles. The molecule has 1 aliphatic heterocycles. The third-order valence-corrected chi connectivity index (χ3v) is 6.25. The molecule has 3 rings (SSSR count). The highest BCUT2D eigenvalue weighted by molar-refractivity contribution is 5.82. The molecular formula is C23H35N3O3. The Labute approximate surface area is 174 Å². The van der Waals surface area contributed by atoms with Gasteiger partial charge in [-0.2, -0.15) is 0 Å². The van der Waals surface area contributed by atoms with Gasteiger partial charge >= 0.3 is 0 Å². The molecule has 1 aromatic rings. The van der Waals surface area contributed by atoms with Crippen molar-refractivity contribution >= 4 is 11.8 Å². The van der Waals surface area contributed by atoms with Gasteiger partial charge in [-0.15, -0.1) is 0 Å². The monoisotopic (exact) mass is 401 g/mol. The van der Waals surface area contributed by atoms with Crippen molar-refractivity contribution in [2.45, 2.75) is 44.6 Å². The zero-order valence-corrected chi connectivity index (χ0v) is 17.6. The summed E-state index contributed by atoms with van der Waals surface area (Å²) in [5, 5.41) is 3.04. The maximum Gasteiger partial charge on any atom is 0.237 e. The molecule has 1 unspecified atom stereocenters.